The maximum atomic E-state index is 12.9. The van der Waals surface area contributed by atoms with Gasteiger partial charge in [-0.15, -0.1) is 0 Å². The first-order valence-corrected chi connectivity index (χ1v) is 10.4. The van der Waals surface area contributed by atoms with Crippen molar-refractivity contribution in [3.8, 4) is 0 Å². The molecule has 1 atom stereocenters. The number of carbonyl (C=O) groups excluding carboxylic acids is 3. The Morgan fingerprint density at radius 2 is 1.70 bits per heavy atom. The summed E-state index contributed by atoms with van der Waals surface area (Å²) in [6, 6.07) is 9.55. The molecule has 0 saturated carbocycles. The summed E-state index contributed by atoms with van der Waals surface area (Å²) in [5, 5.41) is 0. The van der Waals surface area contributed by atoms with Crippen molar-refractivity contribution in [2.24, 2.45) is 0 Å². The number of benzene rings is 2. The van der Waals surface area contributed by atoms with Crippen molar-refractivity contribution in [3.63, 3.8) is 0 Å². The van der Waals surface area contributed by atoms with E-state index in [0.29, 0.717) is 5.75 Å². The molecule has 2 aromatic carbocycles. The Morgan fingerprint density at radius 3 is 2.27 bits per heavy atom. The third-order valence-electron chi connectivity index (χ3n) is 4.64. The molecule has 0 saturated heterocycles. The Bertz CT molecular complexity index is 942. The third kappa shape index (κ3) is 4.51. The minimum absolute atomic E-state index is 0.157. The Hall–Kier alpha value is -2.81. The number of nitrogens with zero attached hydrogens (tertiary/aromatic N) is 1. The number of amides is 2. The molecule has 1 aliphatic heterocycles. The number of fused-ring (bicyclic) bond motifs is 1. The van der Waals surface area contributed by atoms with Crippen LogP contribution in [0.1, 0.15) is 38.3 Å². The molecule has 9 heteroatoms. The van der Waals surface area contributed by atoms with Crippen molar-refractivity contribution in [2.45, 2.75) is 25.2 Å². The van der Waals surface area contributed by atoms with E-state index in [-0.39, 0.29) is 23.1 Å². The zero-order valence-electron chi connectivity index (χ0n) is 15.9. The molecule has 0 bridgehead atoms. The number of hydrogen-bond acceptors (Lipinski definition) is 5. The molecule has 0 radical (unpaired) electrons. The van der Waals surface area contributed by atoms with Crippen molar-refractivity contribution in [2.75, 3.05) is 12.0 Å². The Morgan fingerprint density at radius 1 is 1.07 bits per heavy atom. The van der Waals surface area contributed by atoms with Crippen molar-refractivity contribution in [1.82, 2.24) is 4.90 Å². The number of esters is 1. The lowest BCUT2D eigenvalue weighted by Crippen LogP contribution is -2.46. The molecule has 3 rings (SSSR count). The maximum absolute atomic E-state index is 12.9. The van der Waals surface area contributed by atoms with Gasteiger partial charge in [-0.1, -0.05) is 24.3 Å². The minimum Gasteiger partial charge on any atom is -0.459 e. The van der Waals surface area contributed by atoms with Gasteiger partial charge in [0.25, 0.3) is 11.8 Å². The molecule has 2 amide bonds. The van der Waals surface area contributed by atoms with Crippen LogP contribution in [0.5, 0.6) is 0 Å². The number of carbonyl (C=O) groups is 3. The van der Waals surface area contributed by atoms with Crippen LogP contribution in [0.4, 0.5) is 13.2 Å². The summed E-state index contributed by atoms with van der Waals surface area (Å²) in [7, 11) is 0. The largest absolute Gasteiger partial charge is 0.459 e. The number of halogens is 3. The predicted octanol–water partition coefficient (Wildman–Crippen LogP) is 4.17. The zero-order chi connectivity index (χ0) is 21.9. The second kappa shape index (κ2) is 8.91. The van der Waals surface area contributed by atoms with Crippen LogP contribution in [0.25, 0.3) is 0 Å². The van der Waals surface area contributed by atoms with Crippen LogP contribution in [0.2, 0.25) is 0 Å². The summed E-state index contributed by atoms with van der Waals surface area (Å²) in [6.45, 7) is -0.401. The molecule has 0 fully saturated rings. The number of imide groups is 1. The number of alkyl halides is 3. The van der Waals surface area contributed by atoms with Gasteiger partial charge in [0.2, 0.25) is 0 Å². The van der Waals surface area contributed by atoms with E-state index in [1.807, 2.05) is 6.26 Å². The second-order valence-corrected chi connectivity index (χ2v) is 7.61. The van der Waals surface area contributed by atoms with Crippen LogP contribution in [-0.2, 0) is 22.3 Å². The van der Waals surface area contributed by atoms with E-state index in [4.69, 9.17) is 4.74 Å². The van der Waals surface area contributed by atoms with Crippen LogP contribution in [-0.4, -0.2) is 40.7 Å². The Labute approximate surface area is 175 Å². The SMILES string of the molecule is CSCC[C@H](C(=O)OCc1cccc(C(F)(F)F)c1)N1C(=O)c2ccccc2C1=O. The van der Waals surface area contributed by atoms with Crippen molar-refractivity contribution in [1.29, 1.82) is 0 Å². The van der Waals surface area contributed by atoms with Crippen LogP contribution in [0, 0.1) is 0 Å². The standard InChI is InChI=1S/C21H18F3NO4S/c1-30-10-9-17(25-18(26)15-7-2-3-8-16(15)19(25)27)20(28)29-12-13-5-4-6-14(11-13)21(22,23)24/h2-8,11,17H,9-10,12H2,1H3/t17-/m1/s1. The van der Waals surface area contributed by atoms with E-state index in [1.54, 1.807) is 12.1 Å². The fourth-order valence-electron chi connectivity index (χ4n) is 3.16. The van der Waals surface area contributed by atoms with Crippen LogP contribution in [0.3, 0.4) is 0 Å². The smallest absolute Gasteiger partial charge is 0.416 e. The third-order valence-corrected chi connectivity index (χ3v) is 5.28. The van der Waals surface area contributed by atoms with Crippen molar-refractivity contribution < 1.29 is 32.3 Å². The van der Waals surface area contributed by atoms with Gasteiger partial charge in [0.1, 0.15) is 12.6 Å². The summed E-state index contributed by atoms with van der Waals surface area (Å²) in [5.74, 6) is -1.53. The Kier molecular flexibility index (Phi) is 6.50. The van der Waals surface area contributed by atoms with Crippen LogP contribution < -0.4 is 0 Å². The molecule has 5 nitrogen and oxygen atoms in total. The van der Waals surface area contributed by atoms with Gasteiger partial charge in [-0.3, -0.25) is 14.5 Å². The molecule has 30 heavy (non-hydrogen) atoms. The first-order valence-electron chi connectivity index (χ1n) is 9.02. The van der Waals surface area contributed by atoms with Crippen molar-refractivity contribution in [3.05, 3.63) is 70.8 Å². The van der Waals surface area contributed by atoms with E-state index < -0.39 is 42.2 Å². The topological polar surface area (TPSA) is 63.7 Å². The molecular formula is C21H18F3NO4S. The van der Waals surface area contributed by atoms with Gasteiger partial charge in [0.05, 0.1) is 16.7 Å². The lowest BCUT2D eigenvalue weighted by Gasteiger charge is -2.24. The van der Waals surface area contributed by atoms with Gasteiger partial charge in [-0.25, -0.2) is 4.79 Å². The minimum atomic E-state index is -4.51. The van der Waals surface area contributed by atoms with Gasteiger partial charge in [0, 0.05) is 0 Å². The van der Waals surface area contributed by atoms with E-state index in [0.717, 1.165) is 17.0 Å². The monoisotopic (exact) mass is 437 g/mol. The first-order chi connectivity index (χ1) is 14.2. The number of ether oxygens (including phenoxy) is 1. The van der Waals surface area contributed by atoms with Gasteiger partial charge < -0.3 is 4.74 Å². The second-order valence-electron chi connectivity index (χ2n) is 6.63. The van der Waals surface area contributed by atoms with Crippen LogP contribution in [0.15, 0.2) is 48.5 Å². The summed E-state index contributed by atoms with van der Waals surface area (Å²) >= 11 is 1.43. The fraction of sp³-hybridized carbons (Fsp3) is 0.286. The molecule has 1 aliphatic rings. The average molecular weight is 437 g/mol. The lowest BCUT2D eigenvalue weighted by atomic mass is 10.1. The molecule has 0 aromatic heterocycles. The highest BCUT2D eigenvalue weighted by Crippen LogP contribution is 2.30. The number of thioether (sulfide) groups is 1. The first kappa shape index (κ1) is 21.9. The fourth-order valence-corrected chi connectivity index (χ4v) is 3.62. The molecule has 0 aliphatic carbocycles. The zero-order valence-corrected chi connectivity index (χ0v) is 16.8. The van der Waals surface area contributed by atoms with Gasteiger partial charge in [-0.2, -0.15) is 24.9 Å². The normalized spacial score (nSPS) is 14.6. The number of hydrogen-bond donors (Lipinski definition) is 0. The molecule has 158 valence electrons. The summed E-state index contributed by atoms with van der Waals surface area (Å²) < 4.78 is 43.8. The predicted molar refractivity (Wildman–Crippen MR) is 105 cm³/mol. The van der Waals surface area contributed by atoms with E-state index in [2.05, 4.69) is 0 Å². The van der Waals surface area contributed by atoms with Gasteiger partial charge in [0.15, 0.2) is 0 Å². The molecular weight excluding hydrogens is 419 g/mol. The van der Waals surface area contributed by atoms with E-state index >= 15 is 0 Å². The van der Waals surface area contributed by atoms with Crippen LogP contribution >= 0.6 is 11.8 Å². The Balaban J connectivity index is 1.77. The summed E-state index contributed by atoms with van der Waals surface area (Å²) in [4.78, 5) is 39.0. The lowest BCUT2D eigenvalue weighted by molar-refractivity contribution is -0.149. The molecule has 0 spiro atoms. The molecule has 2 aromatic rings. The molecule has 0 N–H and O–H groups in total. The van der Waals surface area contributed by atoms with Gasteiger partial charge >= 0.3 is 12.1 Å². The number of rotatable bonds is 7. The van der Waals surface area contributed by atoms with Gasteiger partial charge in [-0.05, 0) is 48.3 Å². The highest BCUT2D eigenvalue weighted by Gasteiger charge is 2.43. The molecule has 0 unspecified atom stereocenters. The average Bonchev–Trinajstić information content (AvgIpc) is 2.97. The highest BCUT2D eigenvalue weighted by molar-refractivity contribution is 7.98. The molecule has 1 heterocycles. The summed E-state index contributed by atoms with van der Waals surface area (Å²) in [5.41, 5.74) is -0.274. The maximum Gasteiger partial charge on any atom is 0.416 e. The highest BCUT2D eigenvalue weighted by atomic mass is 32.2. The quantitative estimate of drug-likeness (QED) is 0.481. The van der Waals surface area contributed by atoms with E-state index in [1.165, 1.54) is 36.0 Å². The van der Waals surface area contributed by atoms with E-state index in [9.17, 15) is 27.6 Å². The summed E-state index contributed by atoms with van der Waals surface area (Å²) in [6.07, 6.45) is -2.53. The van der Waals surface area contributed by atoms with Crippen molar-refractivity contribution >= 4 is 29.5 Å².